The number of nitriles is 1. The van der Waals surface area contributed by atoms with E-state index in [0.29, 0.717) is 23.1 Å². The Morgan fingerprint density at radius 2 is 2.10 bits per heavy atom. The van der Waals surface area contributed by atoms with E-state index in [1.807, 2.05) is 11.0 Å². The standard InChI is InChI=1S/C17H22N2O/c1-13(2)12-19(16-8-3-4-9-16)17(20)15-7-5-6-14(10-15)11-18/h5-7,10,13,16H,3-4,8-9,12H2,1-2H3. The molecule has 1 aliphatic rings. The lowest BCUT2D eigenvalue weighted by Gasteiger charge is -2.30. The van der Waals surface area contributed by atoms with E-state index in [4.69, 9.17) is 5.26 Å². The van der Waals surface area contributed by atoms with Gasteiger partial charge in [-0.1, -0.05) is 32.8 Å². The largest absolute Gasteiger partial charge is 0.335 e. The van der Waals surface area contributed by atoms with Crippen molar-refractivity contribution in [2.75, 3.05) is 6.54 Å². The van der Waals surface area contributed by atoms with Crippen LogP contribution in [0.25, 0.3) is 0 Å². The third kappa shape index (κ3) is 3.39. The number of benzene rings is 1. The molecule has 0 aliphatic heterocycles. The highest BCUT2D eigenvalue weighted by Gasteiger charge is 2.27. The molecule has 0 atom stereocenters. The molecule has 1 aliphatic carbocycles. The monoisotopic (exact) mass is 270 g/mol. The number of carbonyl (C=O) groups is 1. The van der Waals surface area contributed by atoms with Crippen LogP contribution < -0.4 is 0 Å². The number of amides is 1. The third-order valence-electron chi connectivity index (χ3n) is 3.83. The molecule has 20 heavy (non-hydrogen) atoms. The Bertz CT molecular complexity index is 510. The summed E-state index contributed by atoms with van der Waals surface area (Å²) in [5.41, 5.74) is 1.18. The first-order valence-electron chi connectivity index (χ1n) is 7.43. The van der Waals surface area contributed by atoms with Gasteiger partial charge in [0.05, 0.1) is 11.6 Å². The quantitative estimate of drug-likeness (QED) is 0.839. The van der Waals surface area contributed by atoms with Gasteiger partial charge in [-0.05, 0) is 37.0 Å². The fourth-order valence-electron chi connectivity index (χ4n) is 2.89. The molecule has 0 radical (unpaired) electrons. The molecule has 1 aromatic rings. The molecule has 1 amide bonds. The maximum absolute atomic E-state index is 12.8. The van der Waals surface area contributed by atoms with Gasteiger partial charge in [0, 0.05) is 18.2 Å². The van der Waals surface area contributed by atoms with Crippen molar-refractivity contribution in [3.63, 3.8) is 0 Å². The lowest BCUT2D eigenvalue weighted by molar-refractivity contribution is 0.0655. The molecule has 0 bridgehead atoms. The number of hydrogen-bond acceptors (Lipinski definition) is 2. The van der Waals surface area contributed by atoms with Gasteiger partial charge in [0.2, 0.25) is 0 Å². The third-order valence-corrected chi connectivity index (χ3v) is 3.83. The molecule has 1 saturated carbocycles. The zero-order valence-electron chi connectivity index (χ0n) is 12.3. The zero-order chi connectivity index (χ0) is 14.5. The van der Waals surface area contributed by atoms with Gasteiger partial charge in [-0.2, -0.15) is 5.26 Å². The van der Waals surface area contributed by atoms with Crippen molar-refractivity contribution in [2.24, 2.45) is 5.92 Å². The molecule has 3 nitrogen and oxygen atoms in total. The Morgan fingerprint density at radius 3 is 2.70 bits per heavy atom. The maximum Gasteiger partial charge on any atom is 0.254 e. The molecular weight excluding hydrogens is 248 g/mol. The lowest BCUT2D eigenvalue weighted by Crippen LogP contribution is -2.41. The fraction of sp³-hybridized carbons (Fsp3) is 0.529. The van der Waals surface area contributed by atoms with Crippen molar-refractivity contribution >= 4 is 5.91 Å². The summed E-state index contributed by atoms with van der Waals surface area (Å²) >= 11 is 0. The normalized spacial score (nSPS) is 15.3. The van der Waals surface area contributed by atoms with Crippen LogP contribution in [0.2, 0.25) is 0 Å². The van der Waals surface area contributed by atoms with Crippen molar-refractivity contribution in [3.05, 3.63) is 35.4 Å². The summed E-state index contributed by atoms with van der Waals surface area (Å²) in [6, 6.07) is 9.50. The minimum absolute atomic E-state index is 0.0719. The van der Waals surface area contributed by atoms with Crippen LogP contribution in [0.1, 0.15) is 55.5 Å². The summed E-state index contributed by atoms with van der Waals surface area (Å²) in [5, 5.41) is 8.96. The predicted octanol–water partition coefficient (Wildman–Crippen LogP) is 3.60. The average Bonchev–Trinajstić information content (AvgIpc) is 2.98. The molecule has 106 valence electrons. The minimum atomic E-state index is 0.0719. The van der Waals surface area contributed by atoms with Gasteiger partial charge in [-0.15, -0.1) is 0 Å². The molecule has 1 aromatic carbocycles. The Labute approximate surface area is 121 Å². The van der Waals surface area contributed by atoms with E-state index in [1.54, 1.807) is 18.2 Å². The molecule has 0 unspecified atom stereocenters. The van der Waals surface area contributed by atoms with Crippen LogP contribution in [-0.4, -0.2) is 23.4 Å². The highest BCUT2D eigenvalue weighted by molar-refractivity contribution is 5.94. The highest BCUT2D eigenvalue weighted by Crippen LogP contribution is 2.26. The van der Waals surface area contributed by atoms with E-state index >= 15 is 0 Å². The zero-order valence-corrected chi connectivity index (χ0v) is 12.3. The van der Waals surface area contributed by atoms with Gasteiger partial charge in [0.25, 0.3) is 5.91 Å². The fourth-order valence-corrected chi connectivity index (χ4v) is 2.89. The summed E-state index contributed by atoms with van der Waals surface area (Å²) in [5.74, 6) is 0.529. The van der Waals surface area contributed by atoms with Crippen LogP contribution in [0.3, 0.4) is 0 Å². The molecule has 2 rings (SSSR count). The summed E-state index contributed by atoms with van der Waals surface area (Å²) in [7, 11) is 0. The van der Waals surface area contributed by atoms with Gasteiger partial charge in [-0.3, -0.25) is 4.79 Å². The second-order valence-corrected chi connectivity index (χ2v) is 5.98. The molecule has 3 heteroatoms. The van der Waals surface area contributed by atoms with E-state index in [-0.39, 0.29) is 5.91 Å². The number of hydrogen-bond donors (Lipinski definition) is 0. The van der Waals surface area contributed by atoms with Crippen molar-refractivity contribution in [1.29, 1.82) is 5.26 Å². The summed E-state index contributed by atoms with van der Waals surface area (Å²) in [6.45, 7) is 5.07. The molecular formula is C17H22N2O. The molecule has 0 heterocycles. The smallest absolute Gasteiger partial charge is 0.254 e. The first kappa shape index (κ1) is 14.6. The summed E-state index contributed by atoms with van der Waals surface area (Å²) in [6.07, 6.45) is 4.64. The Morgan fingerprint density at radius 1 is 1.40 bits per heavy atom. The van der Waals surface area contributed by atoms with Crippen LogP contribution in [0.5, 0.6) is 0 Å². The lowest BCUT2D eigenvalue weighted by atomic mass is 10.1. The van der Waals surface area contributed by atoms with Gasteiger partial charge in [0.1, 0.15) is 0 Å². The number of rotatable bonds is 4. The average molecular weight is 270 g/mol. The minimum Gasteiger partial charge on any atom is -0.335 e. The van der Waals surface area contributed by atoms with Crippen molar-refractivity contribution < 1.29 is 4.79 Å². The second-order valence-electron chi connectivity index (χ2n) is 5.98. The number of nitrogens with zero attached hydrogens (tertiary/aromatic N) is 2. The van der Waals surface area contributed by atoms with Crippen molar-refractivity contribution in [3.8, 4) is 6.07 Å². The molecule has 0 saturated heterocycles. The highest BCUT2D eigenvalue weighted by atomic mass is 16.2. The first-order valence-corrected chi connectivity index (χ1v) is 7.43. The first-order chi connectivity index (χ1) is 9.61. The molecule has 0 spiro atoms. The van der Waals surface area contributed by atoms with E-state index in [1.165, 1.54) is 12.8 Å². The van der Waals surface area contributed by atoms with Crippen LogP contribution in [-0.2, 0) is 0 Å². The van der Waals surface area contributed by atoms with Crippen LogP contribution in [0.4, 0.5) is 0 Å². The molecule has 1 fully saturated rings. The summed E-state index contributed by atoms with van der Waals surface area (Å²) < 4.78 is 0. The second kappa shape index (κ2) is 6.56. The van der Waals surface area contributed by atoms with Gasteiger partial charge < -0.3 is 4.90 Å². The van der Waals surface area contributed by atoms with E-state index in [0.717, 1.165) is 19.4 Å². The van der Waals surface area contributed by atoms with E-state index < -0.39 is 0 Å². The molecule has 0 N–H and O–H groups in total. The van der Waals surface area contributed by atoms with Crippen molar-refractivity contribution in [2.45, 2.75) is 45.6 Å². The van der Waals surface area contributed by atoms with Crippen LogP contribution in [0.15, 0.2) is 24.3 Å². The van der Waals surface area contributed by atoms with Gasteiger partial charge >= 0.3 is 0 Å². The maximum atomic E-state index is 12.8. The van der Waals surface area contributed by atoms with E-state index in [9.17, 15) is 4.79 Å². The van der Waals surface area contributed by atoms with Crippen LogP contribution >= 0.6 is 0 Å². The van der Waals surface area contributed by atoms with Gasteiger partial charge in [0.15, 0.2) is 0 Å². The molecule has 0 aromatic heterocycles. The topological polar surface area (TPSA) is 44.1 Å². The van der Waals surface area contributed by atoms with Gasteiger partial charge in [-0.25, -0.2) is 0 Å². The van der Waals surface area contributed by atoms with Crippen molar-refractivity contribution in [1.82, 2.24) is 4.90 Å². The van der Waals surface area contributed by atoms with E-state index in [2.05, 4.69) is 19.9 Å². The summed E-state index contributed by atoms with van der Waals surface area (Å²) in [4.78, 5) is 14.8. The van der Waals surface area contributed by atoms with Crippen LogP contribution in [0, 0.1) is 17.2 Å². The number of carbonyl (C=O) groups excluding carboxylic acids is 1. The Balaban J connectivity index is 2.22. The Hall–Kier alpha value is -1.82. The predicted molar refractivity (Wildman–Crippen MR) is 79.3 cm³/mol. The SMILES string of the molecule is CC(C)CN(C(=O)c1cccc(C#N)c1)C1CCCC1. The Kier molecular flexibility index (Phi) is 4.79.